The molecule has 19 heavy (non-hydrogen) atoms. The monoisotopic (exact) mass is 260 g/mol. The zero-order valence-electron chi connectivity index (χ0n) is 11.3. The summed E-state index contributed by atoms with van der Waals surface area (Å²) in [6.45, 7) is 1.29. The number of terminal acetylenes is 1. The first-order valence-electron chi connectivity index (χ1n) is 6.66. The van der Waals surface area contributed by atoms with Gasteiger partial charge in [-0.2, -0.15) is 0 Å². The fourth-order valence-electron chi connectivity index (χ4n) is 2.16. The molecule has 1 unspecified atom stereocenters. The van der Waals surface area contributed by atoms with Crippen molar-refractivity contribution in [1.29, 1.82) is 0 Å². The van der Waals surface area contributed by atoms with Crippen LogP contribution in [0.4, 0.5) is 0 Å². The summed E-state index contributed by atoms with van der Waals surface area (Å²) >= 11 is 0. The fraction of sp³-hybridized carbons (Fsp3) is 0.500. The number of rotatable bonds is 5. The molecule has 0 aromatic heterocycles. The van der Waals surface area contributed by atoms with Crippen molar-refractivity contribution in [1.82, 2.24) is 0 Å². The number of ether oxygens (including phenoxy) is 3. The summed E-state index contributed by atoms with van der Waals surface area (Å²) < 4.78 is 16.8. The maximum Gasteiger partial charge on any atom is 0.158 e. The van der Waals surface area contributed by atoms with Gasteiger partial charge in [-0.3, -0.25) is 0 Å². The van der Waals surface area contributed by atoms with E-state index in [-0.39, 0.29) is 12.4 Å². The molecule has 1 aromatic carbocycles. The van der Waals surface area contributed by atoms with Crippen LogP contribution in [0.5, 0.6) is 0 Å². The Hall–Kier alpha value is -1.34. The Balaban J connectivity index is 2.03. The lowest BCUT2D eigenvalue weighted by molar-refractivity contribution is -0.198. The maximum atomic E-state index is 5.99. The van der Waals surface area contributed by atoms with Crippen LogP contribution in [0, 0.1) is 12.3 Å². The van der Waals surface area contributed by atoms with Crippen molar-refractivity contribution in [2.24, 2.45) is 0 Å². The number of methoxy groups -OCH3 is 1. The Morgan fingerprint density at radius 2 is 2.16 bits per heavy atom. The molecule has 0 aliphatic carbocycles. The van der Waals surface area contributed by atoms with Crippen molar-refractivity contribution in [3.8, 4) is 12.3 Å². The Bertz CT molecular complexity index is 413. The summed E-state index contributed by atoms with van der Waals surface area (Å²) in [5.74, 6) is 2.61. The highest BCUT2D eigenvalue weighted by atomic mass is 16.7. The Labute approximate surface area is 114 Å². The van der Waals surface area contributed by atoms with Gasteiger partial charge in [0.2, 0.25) is 0 Å². The molecule has 0 radical (unpaired) electrons. The van der Waals surface area contributed by atoms with E-state index in [1.807, 2.05) is 24.3 Å². The van der Waals surface area contributed by atoms with Crippen molar-refractivity contribution < 1.29 is 14.2 Å². The summed E-state index contributed by atoms with van der Waals surface area (Å²) in [5, 5.41) is 0. The van der Waals surface area contributed by atoms with Crippen LogP contribution in [0.3, 0.4) is 0 Å². The molecule has 3 nitrogen and oxygen atoms in total. The SMILES string of the molecule is C#Cc1ccc([C@H](COC)OC2CCCCO2)cc1. The molecule has 1 aromatic rings. The second-order valence-corrected chi connectivity index (χ2v) is 4.64. The van der Waals surface area contributed by atoms with Gasteiger partial charge >= 0.3 is 0 Å². The minimum Gasteiger partial charge on any atom is -0.382 e. The summed E-state index contributed by atoms with van der Waals surface area (Å²) in [5.41, 5.74) is 1.93. The summed E-state index contributed by atoms with van der Waals surface area (Å²) in [4.78, 5) is 0. The van der Waals surface area contributed by atoms with Crippen molar-refractivity contribution in [3.63, 3.8) is 0 Å². The third-order valence-corrected chi connectivity index (χ3v) is 3.22. The number of hydrogen-bond acceptors (Lipinski definition) is 3. The van der Waals surface area contributed by atoms with Crippen LogP contribution in [0.25, 0.3) is 0 Å². The number of hydrogen-bond donors (Lipinski definition) is 0. The normalized spacial score (nSPS) is 20.7. The van der Waals surface area contributed by atoms with Gasteiger partial charge in [-0.15, -0.1) is 6.42 Å². The van der Waals surface area contributed by atoms with Gasteiger partial charge < -0.3 is 14.2 Å². The van der Waals surface area contributed by atoms with Crippen LogP contribution < -0.4 is 0 Å². The van der Waals surface area contributed by atoms with Crippen LogP contribution in [0.15, 0.2) is 24.3 Å². The maximum absolute atomic E-state index is 5.99. The second-order valence-electron chi connectivity index (χ2n) is 4.64. The van der Waals surface area contributed by atoms with E-state index < -0.39 is 0 Å². The van der Waals surface area contributed by atoms with E-state index in [0.717, 1.165) is 37.0 Å². The van der Waals surface area contributed by atoms with E-state index in [2.05, 4.69) is 5.92 Å². The van der Waals surface area contributed by atoms with Crippen LogP contribution in [0.2, 0.25) is 0 Å². The zero-order valence-corrected chi connectivity index (χ0v) is 11.3. The molecule has 1 fully saturated rings. The molecule has 102 valence electrons. The van der Waals surface area contributed by atoms with Crippen molar-refractivity contribution >= 4 is 0 Å². The van der Waals surface area contributed by atoms with Crippen molar-refractivity contribution in [3.05, 3.63) is 35.4 Å². The molecule has 1 heterocycles. The molecule has 0 saturated carbocycles. The third kappa shape index (κ3) is 4.07. The Morgan fingerprint density at radius 3 is 2.74 bits per heavy atom. The molecule has 1 aliphatic heterocycles. The average molecular weight is 260 g/mol. The Morgan fingerprint density at radius 1 is 1.37 bits per heavy atom. The quantitative estimate of drug-likeness (QED) is 0.762. The summed E-state index contributed by atoms with van der Waals surface area (Å²) in [6, 6.07) is 7.82. The van der Waals surface area contributed by atoms with Crippen LogP contribution in [-0.4, -0.2) is 26.6 Å². The van der Waals surface area contributed by atoms with Crippen LogP contribution >= 0.6 is 0 Å². The second kappa shape index (κ2) is 7.30. The molecule has 0 N–H and O–H groups in total. The topological polar surface area (TPSA) is 27.7 Å². The molecule has 3 heteroatoms. The largest absolute Gasteiger partial charge is 0.382 e. The van der Waals surface area contributed by atoms with Gasteiger partial charge in [-0.05, 0) is 37.0 Å². The summed E-state index contributed by atoms with van der Waals surface area (Å²) in [6.07, 6.45) is 8.34. The van der Waals surface area contributed by atoms with Gasteiger partial charge in [0.05, 0.1) is 6.61 Å². The van der Waals surface area contributed by atoms with E-state index in [0.29, 0.717) is 6.61 Å². The highest BCUT2D eigenvalue weighted by Crippen LogP contribution is 2.24. The van der Waals surface area contributed by atoms with Gasteiger partial charge in [0.15, 0.2) is 6.29 Å². The molecule has 0 bridgehead atoms. The molecular weight excluding hydrogens is 240 g/mol. The molecule has 1 saturated heterocycles. The molecule has 2 atom stereocenters. The molecule has 1 aliphatic rings. The van der Waals surface area contributed by atoms with E-state index in [9.17, 15) is 0 Å². The van der Waals surface area contributed by atoms with E-state index in [1.165, 1.54) is 0 Å². The number of benzene rings is 1. The lowest BCUT2D eigenvalue weighted by atomic mass is 10.1. The summed E-state index contributed by atoms with van der Waals surface area (Å²) in [7, 11) is 1.67. The third-order valence-electron chi connectivity index (χ3n) is 3.22. The van der Waals surface area contributed by atoms with Gasteiger partial charge in [0.1, 0.15) is 6.10 Å². The average Bonchev–Trinajstić information content (AvgIpc) is 2.48. The predicted molar refractivity (Wildman–Crippen MR) is 73.7 cm³/mol. The van der Waals surface area contributed by atoms with Gasteiger partial charge in [-0.25, -0.2) is 0 Å². The minimum absolute atomic E-state index is 0.111. The van der Waals surface area contributed by atoms with Gasteiger partial charge in [-0.1, -0.05) is 18.1 Å². The fourth-order valence-corrected chi connectivity index (χ4v) is 2.16. The van der Waals surface area contributed by atoms with Gasteiger partial charge in [0.25, 0.3) is 0 Å². The van der Waals surface area contributed by atoms with Crippen molar-refractivity contribution in [2.75, 3.05) is 20.3 Å². The van der Waals surface area contributed by atoms with Gasteiger partial charge in [0, 0.05) is 19.3 Å². The zero-order chi connectivity index (χ0) is 13.5. The first-order valence-corrected chi connectivity index (χ1v) is 6.66. The standard InChI is InChI=1S/C16H20O3/c1-3-13-7-9-14(10-8-13)15(12-17-2)19-16-6-4-5-11-18-16/h1,7-10,15-16H,4-6,11-12H2,2H3/t15-,16?/m0/s1. The highest BCUT2D eigenvalue weighted by molar-refractivity contribution is 5.34. The van der Waals surface area contributed by atoms with E-state index >= 15 is 0 Å². The molecule has 2 rings (SSSR count). The van der Waals surface area contributed by atoms with E-state index in [4.69, 9.17) is 20.6 Å². The lowest BCUT2D eigenvalue weighted by Crippen LogP contribution is -2.26. The smallest absolute Gasteiger partial charge is 0.158 e. The van der Waals surface area contributed by atoms with Crippen molar-refractivity contribution in [2.45, 2.75) is 31.7 Å². The lowest BCUT2D eigenvalue weighted by Gasteiger charge is -2.27. The minimum atomic E-state index is -0.124. The van der Waals surface area contributed by atoms with Crippen LogP contribution in [-0.2, 0) is 14.2 Å². The Kier molecular flexibility index (Phi) is 5.41. The van der Waals surface area contributed by atoms with E-state index in [1.54, 1.807) is 7.11 Å². The first-order chi connectivity index (χ1) is 9.33. The molecule has 0 spiro atoms. The first kappa shape index (κ1) is 14.1. The molecule has 0 amide bonds. The predicted octanol–water partition coefficient (Wildman–Crippen LogP) is 2.90. The highest BCUT2D eigenvalue weighted by Gasteiger charge is 2.21. The molecular formula is C16H20O3. The van der Waals surface area contributed by atoms with Crippen LogP contribution in [0.1, 0.15) is 36.5 Å².